The van der Waals surface area contributed by atoms with E-state index >= 15 is 0 Å². The predicted molar refractivity (Wildman–Crippen MR) is 88.5 cm³/mol. The van der Waals surface area contributed by atoms with Crippen LogP contribution < -0.4 is 11.1 Å². The maximum absolute atomic E-state index is 5.89. The number of para-hydroxylation sites is 1. The summed E-state index contributed by atoms with van der Waals surface area (Å²) in [6.45, 7) is 3.10. The highest BCUT2D eigenvalue weighted by Gasteiger charge is 2.34. The fraction of sp³-hybridized carbons (Fsp3) is 0.500. The Labute approximate surface area is 126 Å². The van der Waals surface area contributed by atoms with Crippen molar-refractivity contribution in [2.45, 2.75) is 32.6 Å². The molecule has 1 aliphatic carbocycles. The smallest absolute Gasteiger partial charge is 0.193 e. The second-order valence-corrected chi connectivity index (χ2v) is 4.90. The second kappa shape index (κ2) is 6.97. The fourth-order valence-corrected chi connectivity index (χ4v) is 2.26. The standard InChI is InChI=1S/C14H21N3.HI/c1-2-14(9-6-10-14)11-16-13(15)17-12-7-4-3-5-8-12;/h3-5,7-8H,2,6,9-11H2,1H3,(H3,15,16,17);1H. The van der Waals surface area contributed by atoms with Crippen molar-refractivity contribution in [1.29, 1.82) is 0 Å². The summed E-state index contributed by atoms with van der Waals surface area (Å²) in [7, 11) is 0. The SMILES string of the molecule is CCC1(CN=C(N)Nc2ccccc2)CCC1.I. The first-order chi connectivity index (χ1) is 8.24. The number of hydrogen-bond donors (Lipinski definition) is 2. The third-order valence-electron chi connectivity index (χ3n) is 3.80. The number of nitrogens with one attached hydrogen (secondary N) is 1. The molecule has 0 radical (unpaired) electrons. The monoisotopic (exact) mass is 359 g/mol. The van der Waals surface area contributed by atoms with Gasteiger partial charge in [0.05, 0.1) is 0 Å². The normalized spacial score (nSPS) is 17.5. The number of rotatable bonds is 4. The van der Waals surface area contributed by atoms with Gasteiger partial charge in [-0.15, -0.1) is 24.0 Å². The Bertz CT molecular complexity index is 380. The number of nitrogens with zero attached hydrogens (tertiary/aromatic N) is 1. The van der Waals surface area contributed by atoms with Crippen LogP contribution in [-0.2, 0) is 0 Å². The Balaban J connectivity index is 0.00000162. The van der Waals surface area contributed by atoms with Crippen LogP contribution in [0.2, 0.25) is 0 Å². The van der Waals surface area contributed by atoms with Crippen LogP contribution in [0.3, 0.4) is 0 Å². The van der Waals surface area contributed by atoms with Crippen molar-refractivity contribution < 1.29 is 0 Å². The molecule has 0 spiro atoms. The molecule has 1 aromatic rings. The Kier molecular flexibility index (Phi) is 5.91. The van der Waals surface area contributed by atoms with Crippen molar-refractivity contribution >= 4 is 35.6 Å². The molecule has 1 fully saturated rings. The van der Waals surface area contributed by atoms with E-state index in [-0.39, 0.29) is 24.0 Å². The lowest BCUT2D eigenvalue weighted by atomic mass is 9.67. The molecule has 1 aliphatic rings. The highest BCUT2D eigenvalue weighted by molar-refractivity contribution is 14.0. The summed E-state index contributed by atoms with van der Waals surface area (Å²) >= 11 is 0. The van der Waals surface area contributed by atoms with Gasteiger partial charge >= 0.3 is 0 Å². The lowest BCUT2D eigenvalue weighted by Crippen LogP contribution is -2.33. The van der Waals surface area contributed by atoms with E-state index in [0.29, 0.717) is 11.4 Å². The molecular weight excluding hydrogens is 337 g/mol. The Morgan fingerprint density at radius 1 is 1.33 bits per heavy atom. The molecule has 0 aliphatic heterocycles. The van der Waals surface area contributed by atoms with E-state index < -0.39 is 0 Å². The van der Waals surface area contributed by atoms with E-state index in [1.807, 2.05) is 30.3 Å². The first kappa shape index (κ1) is 15.3. The molecule has 2 rings (SSSR count). The summed E-state index contributed by atoms with van der Waals surface area (Å²) in [5.41, 5.74) is 7.31. The van der Waals surface area contributed by atoms with E-state index in [1.54, 1.807) is 0 Å². The van der Waals surface area contributed by atoms with Gasteiger partial charge in [-0.3, -0.25) is 4.99 Å². The number of aliphatic imine (C=N–C) groups is 1. The molecule has 3 N–H and O–H groups in total. The predicted octanol–water partition coefficient (Wildman–Crippen LogP) is 3.61. The zero-order valence-corrected chi connectivity index (χ0v) is 13.2. The molecule has 1 saturated carbocycles. The lowest BCUT2D eigenvalue weighted by molar-refractivity contribution is 0.139. The van der Waals surface area contributed by atoms with Gasteiger partial charge in [-0.05, 0) is 36.8 Å². The maximum Gasteiger partial charge on any atom is 0.193 e. The van der Waals surface area contributed by atoms with Crippen LogP contribution in [0.5, 0.6) is 0 Å². The number of anilines is 1. The van der Waals surface area contributed by atoms with Crippen LogP contribution >= 0.6 is 24.0 Å². The number of nitrogens with two attached hydrogens (primary N) is 1. The summed E-state index contributed by atoms with van der Waals surface area (Å²) in [6.07, 6.45) is 5.14. The Morgan fingerprint density at radius 2 is 2.00 bits per heavy atom. The molecule has 0 saturated heterocycles. The van der Waals surface area contributed by atoms with Gasteiger partial charge in [-0.2, -0.15) is 0 Å². The van der Waals surface area contributed by atoms with Crippen LogP contribution in [0.15, 0.2) is 35.3 Å². The van der Waals surface area contributed by atoms with Crippen molar-refractivity contribution in [3.8, 4) is 0 Å². The first-order valence-electron chi connectivity index (χ1n) is 6.36. The van der Waals surface area contributed by atoms with Crippen molar-refractivity contribution in [2.75, 3.05) is 11.9 Å². The van der Waals surface area contributed by atoms with Gasteiger partial charge in [0, 0.05) is 12.2 Å². The zero-order chi connectivity index (χ0) is 12.1. The largest absolute Gasteiger partial charge is 0.370 e. The third-order valence-corrected chi connectivity index (χ3v) is 3.80. The Hall–Kier alpha value is -0.780. The topological polar surface area (TPSA) is 50.4 Å². The molecule has 0 unspecified atom stereocenters. The number of hydrogen-bond acceptors (Lipinski definition) is 1. The number of benzene rings is 1. The van der Waals surface area contributed by atoms with Gasteiger partial charge in [0.1, 0.15) is 0 Å². The molecule has 1 aromatic carbocycles. The summed E-state index contributed by atoms with van der Waals surface area (Å²) in [6, 6.07) is 9.92. The molecule has 0 heterocycles. The summed E-state index contributed by atoms with van der Waals surface area (Å²) in [4.78, 5) is 4.47. The van der Waals surface area contributed by atoms with Crippen LogP contribution in [0.25, 0.3) is 0 Å². The molecule has 4 heteroatoms. The van der Waals surface area contributed by atoms with Crippen LogP contribution in [0.1, 0.15) is 32.6 Å². The zero-order valence-electron chi connectivity index (χ0n) is 10.9. The highest BCUT2D eigenvalue weighted by atomic mass is 127. The summed E-state index contributed by atoms with van der Waals surface area (Å²) in [5.74, 6) is 0.524. The Morgan fingerprint density at radius 3 is 2.50 bits per heavy atom. The van der Waals surface area contributed by atoms with Crippen LogP contribution in [0, 0.1) is 5.41 Å². The van der Waals surface area contributed by atoms with Gasteiger partial charge in [0.15, 0.2) is 5.96 Å². The van der Waals surface area contributed by atoms with Gasteiger partial charge in [0.25, 0.3) is 0 Å². The van der Waals surface area contributed by atoms with Crippen molar-refractivity contribution in [3.05, 3.63) is 30.3 Å². The quantitative estimate of drug-likeness (QED) is 0.490. The average molecular weight is 359 g/mol. The minimum Gasteiger partial charge on any atom is -0.370 e. The molecule has 18 heavy (non-hydrogen) atoms. The molecule has 3 nitrogen and oxygen atoms in total. The maximum atomic E-state index is 5.89. The van der Waals surface area contributed by atoms with E-state index in [0.717, 1.165) is 12.2 Å². The van der Waals surface area contributed by atoms with Crippen LogP contribution in [-0.4, -0.2) is 12.5 Å². The summed E-state index contributed by atoms with van der Waals surface area (Å²) < 4.78 is 0. The molecule has 0 amide bonds. The third kappa shape index (κ3) is 3.86. The number of halogens is 1. The lowest BCUT2D eigenvalue weighted by Gasteiger charge is -2.40. The van der Waals surface area contributed by atoms with E-state index in [2.05, 4.69) is 17.2 Å². The minimum atomic E-state index is 0. The molecule has 0 bridgehead atoms. The van der Waals surface area contributed by atoms with Gasteiger partial charge in [0.2, 0.25) is 0 Å². The number of guanidine groups is 1. The van der Waals surface area contributed by atoms with E-state index in [4.69, 9.17) is 5.73 Å². The first-order valence-corrected chi connectivity index (χ1v) is 6.36. The average Bonchev–Trinajstić information content (AvgIpc) is 2.29. The van der Waals surface area contributed by atoms with Gasteiger partial charge in [-0.25, -0.2) is 0 Å². The van der Waals surface area contributed by atoms with Crippen molar-refractivity contribution in [3.63, 3.8) is 0 Å². The molecule has 0 aromatic heterocycles. The van der Waals surface area contributed by atoms with Gasteiger partial charge < -0.3 is 11.1 Å². The van der Waals surface area contributed by atoms with Crippen molar-refractivity contribution in [2.24, 2.45) is 16.1 Å². The molecule has 0 atom stereocenters. The van der Waals surface area contributed by atoms with Crippen molar-refractivity contribution in [1.82, 2.24) is 0 Å². The second-order valence-electron chi connectivity index (χ2n) is 4.90. The summed E-state index contributed by atoms with van der Waals surface area (Å²) in [5, 5.41) is 3.11. The van der Waals surface area contributed by atoms with E-state index in [9.17, 15) is 0 Å². The van der Waals surface area contributed by atoms with Crippen LogP contribution in [0.4, 0.5) is 5.69 Å². The highest BCUT2D eigenvalue weighted by Crippen LogP contribution is 2.43. The molecule has 100 valence electrons. The van der Waals surface area contributed by atoms with Gasteiger partial charge in [-0.1, -0.05) is 31.5 Å². The molecular formula is C14H22IN3. The minimum absolute atomic E-state index is 0. The fourth-order valence-electron chi connectivity index (χ4n) is 2.26. The van der Waals surface area contributed by atoms with E-state index in [1.165, 1.54) is 25.7 Å².